The average Bonchev–Trinajstić information content (AvgIpc) is 2.97. The second-order valence-electron chi connectivity index (χ2n) is 6.70. The zero-order chi connectivity index (χ0) is 19.8. The summed E-state index contributed by atoms with van der Waals surface area (Å²) in [4.78, 5) is 12.9. The third-order valence-corrected chi connectivity index (χ3v) is 4.66. The molecule has 0 fully saturated rings. The van der Waals surface area contributed by atoms with Crippen LogP contribution in [-0.2, 0) is 7.05 Å². The number of anilines is 4. The summed E-state index contributed by atoms with van der Waals surface area (Å²) in [6.45, 7) is 5.70. The standard InChI is InChI=1S/C20H21N7O/c1-11-5-6-16(28)12(2)19(11)25-20-14-10-22-18(9-15(14)27(4)26-20)24-17-7-8-21-13(3)23-17/h5-10,28H,1-4H3,(H,25,26)(H,21,22,23,24). The Morgan fingerprint density at radius 1 is 1.00 bits per heavy atom. The number of benzene rings is 1. The number of aryl methyl sites for hydroxylation is 3. The number of aromatic hydroxyl groups is 1. The Bertz CT molecular complexity index is 1180. The molecule has 0 amide bonds. The van der Waals surface area contributed by atoms with Crippen molar-refractivity contribution in [2.75, 3.05) is 10.6 Å². The minimum atomic E-state index is 0.248. The van der Waals surface area contributed by atoms with Crippen molar-refractivity contribution in [3.63, 3.8) is 0 Å². The zero-order valence-corrected chi connectivity index (χ0v) is 16.1. The van der Waals surface area contributed by atoms with Gasteiger partial charge in [-0.1, -0.05) is 6.07 Å². The topological polar surface area (TPSA) is 101 Å². The summed E-state index contributed by atoms with van der Waals surface area (Å²) >= 11 is 0. The molecule has 3 N–H and O–H groups in total. The van der Waals surface area contributed by atoms with Gasteiger partial charge in [-0.2, -0.15) is 5.10 Å². The van der Waals surface area contributed by atoms with Crippen molar-refractivity contribution in [2.45, 2.75) is 20.8 Å². The second kappa shape index (κ2) is 6.80. The van der Waals surface area contributed by atoms with Crippen molar-refractivity contribution in [3.05, 3.63) is 53.6 Å². The van der Waals surface area contributed by atoms with Gasteiger partial charge in [-0.25, -0.2) is 15.0 Å². The van der Waals surface area contributed by atoms with Gasteiger partial charge in [0.05, 0.1) is 10.9 Å². The van der Waals surface area contributed by atoms with Crippen LogP contribution in [0.1, 0.15) is 17.0 Å². The molecule has 3 heterocycles. The number of phenolic OH excluding ortho intramolecular Hbond substituents is 1. The average molecular weight is 375 g/mol. The van der Waals surface area contributed by atoms with Crippen LogP contribution in [0.5, 0.6) is 5.75 Å². The lowest BCUT2D eigenvalue weighted by molar-refractivity contribution is 0.471. The maximum absolute atomic E-state index is 10.0. The number of hydrogen-bond donors (Lipinski definition) is 3. The molecule has 4 rings (SSSR count). The van der Waals surface area contributed by atoms with E-state index in [-0.39, 0.29) is 5.75 Å². The van der Waals surface area contributed by atoms with E-state index >= 15 is 0 Å². The van der Waals surface area contributed by atoms with Gasteiger partial charge in [0.2, 0.25) is 0 Å². The molecule has 142 valence electrons. The Hall–Kier alpha value is -3.68. The Balaban J connectivity index is 1.70. The molecular weight excluding hydrogens is 354 g/mol. The summed E-state index contributed by atoms with van der Waals surface area (Å²) in [5.41, 5.74) is 3.57. The van der Waals surface area contributed by atoms with E-state index in [0.29, 0.717) is 23.3 Å². The first kappa shape index (κ1) is 17.7. The van der Waals surface area contributed by atoms with Crippen LogP contribution in [-0.4, -0.2) is 29.8 Å². The maximum atomic E-state index is 10.0. The van der Waals surface area contributed by atoms with Crippen LogP contribution in [0, 0.1) is 20.8 Å². The number of nitrogens with zero attached hydrogens (tertiary/aromatic N) is 5. The van der Waals surface area contributed by atoms with E-state index in [4.69, 9.17) is 0 Å². The second-order valence-corrected chi connectivity index (χ2v) is 6.70. The van der Waals surface area contributed by atoms with Crippen LogP contribution < -0.4 is 10.6 Å². The van der Waals surface area contributed by atoms with Crippen LogP contribution >= 0.6 is 0 Å². The van der Waals surface area contributed by atoms with Crippen LogP contribution in [0.4, 0.5) is 23.1 Å². The Morgan fingerprint density at radius 3 is 2.61 bits per heavy atom. The third kappa shape index (κ3) is 3.20. The van der Waals surface area contributed by atoms with Crippen molar-refractivity contribution >= 4 is 34.0 Å². The first-order chi connectivity index (χ1) is 13.4. The van der Waals surface area contributed by atoms with Gasteiger partial charge in [0.1, 0.15) is 23.2 Å². The zero-order valence-electron chi connectivity index (χ0n) is 16.1. The van der Waals surface area contributed by atoms with E-state index in [9.17, 15) is 5.11 Å². The molecule has 0 aliphatic heterocycles. The van der Waals surface area contributed by atoms with Crippen molar-refractivity contribution in [1.29, 1.82) is 0 Å². The maximum Gasteiger partial charge on any atom is 0.161 e. The van der Waals surface area contributed by atoms with Gasteiger partial charge in [0.15, 0.2) is 5.82 Å². The van der Waals surface area contributed by atoms with Gasteiger partial charge in [-0.3, -0.25) is 4.68 Å². The highest BCUT2D eigenvalue weighted by molar-refractivity contribution is 5.93. The minimum Gasteiger partial charge on any atom is -0.508 e. The molecule has 0 saturated heterocycles. The molecule has 28 heavy (non-hydrogen) atoms. The molecule has 0 aliphatic carbocycles. The molecule has 0 spiro atoms. The fourth-order valence-electron chi connectivity index (χ4n) is 3.12. The lowest BCUT2D eigenvalue weighted by Crippen LogP contribution is -1.98. The molecule has 4 aromatic rings. The van der Waals surface area contributed by atoms with E-state index in [1.165, 1.54) is 0 Å². The predicted octanol–water partition coefficient (Wildman–Crippen LogP) is 3.88. The largest absolute Gasteiger partial charge is 0.508 e. The highest BCUT2D eigenvalue weighted by Crippen LogP contribution is 2.33. The first-order valence-electron chi connectivity index (χ1n) is 8.88. The first-order valence-corrected chi connectivity index (χ1v) is 8.88. The van der Waals surface area contributed by atoms with Crippen molar-refractivity contribution in [1.82, 2.24) is 24.7 Å². The highest BCUT2D eigenvalue weighted by Gasteiger charge is 2.14. The molecule has 0 bridgehead atoms. The fraction of sp³-hybridized carbons (Fsp3) is 0.200. The van der Waals surface area contributed by atoms with Crippen LogP contribution in [0.3, 0.4) is 0 Å². The number of nitrogens with one attached hydrogen (secondary N) is 2. The molecule has 0 unspecified atom stereocenters. The lowest BCUT2D eigenvalue weighted by Gasteiger charge is -2.12. The number of phenols is 1. The summed E-state index contributed by atoms with van der Waals surface area (Å²) in [6.07, 6.45) is 3.48. The quantitative estimate of drug-likeness (QED) is 0.498. The van der Waals surface area contributed by atoms with Crippen LogP contribution in [0.15, 0.2) is 36.7 Å². The molecule has 1 aromatic carbocycles. The number of pyridine rings is 1. The summed E-state index contributed by atoms with van der Waals surface area (Å²) < 4.78 is 1.79. The number of rotatable bonds is 4. The van der Waals surface area contributed by atoms with Crippen LogP contribution in [0.25, 0.3) is 10.9 Å². The van der Waals surface area contributed by atoms with E-state index in [1.54, 1.807) is 29.2 Å². The van der Waals surface area contributed by atoms with E-state index < -0.39 is 0 Å². The SMILES string of the molecule is Cc1nccc(Nc2cc3c(cn2)c(Nc2c(C)ccc(O)c2C)nn3C)n1. The van der Waals surface area contributed by atoms with Gasteiger partial charge in [0, 0.05) is 36.8 Å². The summed E-state index contributed by atoms with van der Waals surface area (Å²) in [6, 6.07) is 7.29. The number of aromatic nitrogens is 5. The molecule has 0 saturated carbocycles. The summed E-state index contributed by atoms with van der Waals surface area (Å²) in [5, 5.41) is 22.0. The van der Waals surface area contributed by atoms with Gasteiger partial charge >= 0.3 is 0 Å². The van der Waals surface area contributed by atoms with E-state index in [0.717, 1.165) is 27.7 Å². The van der Waals surface area contributed by atoms with Crippen molar-refractivity contribution in [2.24, 2.45) is 7.05 Å². The molecule has 8 nitrogen and oxygen atoms in total. The molecule has 8 heteroatoms. The van der Waals surface area contributed by atoms with Crippen LogP contribution in [0.2, 0.25) is 0 Å². The Morgan fingerprint density at radius 2 is 1.82 bits per heavy atom. The molecule has 3 aromatic heterocycles. The highest BCUT2D eigenvalue weighted by atomic mass is 16.3. The van der Waals surface area contributed by atoms with Crippen molar-refractivity contribution in [3.8, 4) is 5.75 Å². The third-order valence-electron chi connectivity index (χ3n) is 4.66. The summed E-state index contributed by atoms with van der Waals surface area (Å²) in [5.74, 6) is 2.98. The Kier molecular flexibility index (Phi) is 4.31. The van der Waals surface area contributed by atoms with Crippen molar-refractivity contribution < 1.29 is 5.11 Å². The van der Waals surface area contributed by atoms with Gasteiger partial charge < -0.3 is 15.7 Å². The monoisotopic (exact) mass is 375 g/mol. The predicted molar refractivity (Wildman–Crippen MR) is 109 cm³/mol. The molecular formula is C20H21N7O. The molecule has 0 atom stereocenters. The fourth-order valence-corrected chi connectivity index (χ4v) is 3.12. The Labute approximate surface area is 162 Å². The van der Waals surface area contributed by atoms with E-state index in [1.807, 2.05) is 40.0 Å². The minimum absolute atomic E-state index is 0.248. The number of fused-ring (bicyclic) bond motifs is 1. The number of hydrogen-bond acceptors (Lipinski definition) is 7. The van der Waals surface area contributed by atoms with E-state index in [2.05, 4.69) is 30.7 Å². The summed E-state index contributed by atoms with van der Waals surface area (Å²) in [7, 11) is 1.88. The van der Waals surface area contributed by atoms with Gasteiger partial charge in [0.25, 0.3) is 0 Å². The van der Waals surface area contributed by atoms with Gasteiger partial charge in [-0.15, -0.1) is 0 Å². The smallest absolute Gasteiger partial charge is 0.161 e. The molecule has 0 aliphatic rings. The molecule has 0 radical (unpaired) electrons. The van der Waals surface area contributed by atoms with Gasteiger partial charge in [-0.05, 0) is 38.5 Å². The lowest BCUT2D eigenvalue weighted by atomic mass is 10.1. The normalized spacial score (nSPS) is 11.0.